The van der Waals surface area contributed by atoms with Gasteiger partial charge in [-0.2, -0.15) is 17.5 Å². The van der Waals surface area contributed by atoms with Crippen molar-refractivity contribution in [3.63, 3.8) is 0 Å². The van der Waals surface area contributed by atoms with Crippen LogP contribution < -0.4 is 11.1 Å². The van der Waals surface area contributed by atoms with Crippen LogP contribution in [0.2, 0.25) is 5.02 Å². The summed E-state index contributed by atoms with van der Waals surface area (Å²) in [6.07, 6.45) is -6.96. The average Bonchev–Trinajstić information content (AvgIpc) is 3.56. The fourth-order valence-electron chi connectivity index (χ4n) is 5.77. The van der Waals surface area contributed by atoms with Crippen LogP contribution in [-0.4, -0.2) is 61.7 Å². The maximum Gasteiger partial charge on any atom is 0.407 e. The summed E-state index contributed by atoms with van der Waals surface area (Å²) in [6, 6.07) is 20.0. The van der Waals surface area contributed by atoms with Crippen LogP contribution in [0.4, 0.5) is 23.7 Å². The SMILES string of the molecule is COC(=O)N[C@H](C(=O)C[C@H](c1ccc([C@@H](CO)N(C(C)C)S(=O)(=O)c2ccc(N)c(Cl)c2)s1)C(F)(F)F)C(c1ccccc1)c1ccccc1. The van der Waals surface area contributed by atoms with Crippen molar-refractivity contribution in [3.05, 3.63) is 117 Å². The Morgan fingerprint density at radius 2 is 1.52 bits per heavy atom. The van der Waals surface area contributed by atoms with Gasteiger partial charge in [-0.25, -0.2) is 13.2 Å². The number of carbonyl (C=O) groups is 2. The molecule has 1 aromatic heterocycles. The standard InChI is InChI=1S/C35H37ClF3N3O6S2/c1-21(2)42(50(46,47)24-14-15-27(40)26(36)18-24)28(20-43)31-17-16-30(49-31)25(35(37,38)39)19-29(44)33(41-34(45)48-3)32(22-10-6-4-7-11-22)23-12-8-5-9-13-23/h4-18,21,25,28,32-33,43H,19-20,40H2,1-3H3,(H,41,45)/t25-,28-,33-/m1/s1. The summed E-state index contributed by atoms with van der Waals surface area (Å²) >= 11 is 6.72. The fraction of sp³-hybridized carbons (Fsp3) is 0.314. The second-order valence-corrected chi connectivity index (χ2v) is 15.1. The molecule has 0 aliphatic heterocycles. The van der Waals surface area contributed by atoms with Gasteiger partial charge in [-0.1, -0.05) is 72.3 Å². The van der Waals surface area contributed by atoms with Gasteiger partial charge >= 0.3 is 12.3 Å². The van der Waals surface area contributed by atoms with Crippen molar-refractivity contribution in [2.45, 2.75) is 61.3 Å². The molecule has 50 heavy (non-hydrogen) atoms. The number of hydrogen-bond donors (Lipinski definition) is 3. The van der Waals surface area contributed by atoms with E-state index in [1.807, 2.05) is 0 Å². The van der Waals surface area contributed by atoms with E-state index in [1.165, 1.54) is 24.3 Å². The monoisotopic (exact) mass is 751 g/mol. The molecule has 1 amide bonds. The van der Waals surface area contributed by atoms with E-state index in [1.54, 1.807) is 74.5 Å². The maximum atomic E-state index is 14.8. The first-order chi connectivity index (χ1) is 23.6. The minimum Gasteiger partial charge on any atom is -0.453 e. The molecule has 0 bridgehead atoms. The lowest BCUT2D eigenvalue weighted by Crippen LogP contribution is -2.46. The van der Waals surface area contributed by atoms with E-state index < -0.39 is 71.1 Å². The number of anilines is 1. The number of hydrogen-bond acceptors (Lipinski definition) is 8. The van der Waals surface area contributed by atoms with Crippen LogP contribution in [0.25, 0.3) is 0 Å². The molecular formula is C35H37ClF3N3O6S2. The number of nitrogen functional groups attached to an aromatic ring is 1. The Balaban J connectivity index is 1.73. The fourth-order valence-corrected chi connectivity index (χ4v) is 9.13. The Hall–Kier alpha value is -3.95. The van der Waals surface area contributed by atoms with Gasteiger partial charge in [-0.05, 0) is 55.3 Å². The molecule has 0 saturated carbocycles. The van der Waals surface area contributed by atoms with Crippen LogP contribution in [0, 0.1) is 0 Å². The smallest absolute Gasteiger partial charge is 0.407 e. The van der Waals surface area contributed by atoms with Gasteiger partial charge < -0.3 is 20.9 Å². The highest BCUT2D eigenvalue weighted by molar-refractivity contribution is 7.89. The molecule has 0 aliphatic rings. The number of nitrogens with one attached hydrogen (secondary N) is 1. The number of methoxy groups -OCH3 is 1. The lowest BCUT2D eigenvalue weighted by molar-refractivity contribution is -0.156. The number of benzene rings is 3. The summed E-state index contributed by atoms with van der Waals surface area (Å²) in [5, 5.41) is 12.9. The molecule has 4 N–H and O–H groups in total. The van der Waals surface area contributed by atoms with Gasteiger partial charge in [0.25, 0.3) is 0 Å². The van der Waals surface area contributed by atoms with Gasteiger partial charge in [-0.3, -0.25) is 4.79 Å². The van der Waals surface area contributed by atoms with Gasteiger partial charge in [0.2, 0.25) is 10.0 Å². The molecule has 1 heterocycles. The molecule has 0 fully saturated rings. The van der Waals surface area contributed by atoms with Gasteiger partial charge in [0, 0.05) is 28.1 Å². The van der Waals surface area contributed by atoms with Gasteiger partial charge in [0.15, 0.2) is 5.78 Å². The quantitative estimate of drug-likeness (QED) is 0.115. The van der Waals surface area contributed by atoms with E-state index in [2.05, 4.69) is 5.32 Å². The minimum absolute atomic E-state index is 0.00631. The summed E-state index contributed by atoms with van der Waals surface area (Å²) in [7, 11) is -3.25. The molecule has 15 heteroatoms. The van der Waals surface area contributed by atoms with E-state index >= 15 is 0 Å². The van der Waals surface area contributed by atoms with Crippen LogP contribution in [0.15, 0.2) is 95.9 Å². The van der Waals surface area contributed by atoms with Crippen molar-refractivity contribution in [1.82, 2.24) is 9.62 Å². The van der Waals surface area contributed by atoms with Crippen molar-refractivity contribution < 1.29 is 41.0 Å². The number of halogens is 4. The molecule has 0 unspecified atom stereocenters. The number of aliphatic hydroxyl groups excluding tert-OH is 1. The third-order valence-corrected chi connectivity index (χ3v) is 11.8. The molecular weight excluding hydrogens is 715 g/mol. The minimum atomic E-state index is -4.91. The number of nitrogens with zero attached hydrogens (tertiary/aromatic N) is 1. The highest BCUT2D eigenvalue weighted by Crippen LogP contribution is 2.44. The summed E-state index contributed by atoms with van der Waals surface area (Å²) < 4.78 is 77.8. The Bertz CT molecular complexity index is 1840. The molecule has 3 atom stereocenters. The van der Waals surface area contributed by atoms with Crippen molar-refractivity contribution in [3.8, 4) is 0 Å². The zero-order valence-electron chi connectivity index (χ0n) is 27.3. The van der Waals surface area contributed by atoms with Crippen LogP contribution in [-0.2, 0) is 19.6 Å². The zero-order chi connectivity index (χ0) is 36.8. The van der Waals surface area contributed by atoms with Crippen molar-refractivity contribution >= 4 is 50.5 Å². The second-order valence-electron chi connectivity index (χ2n) is 11.7. The maximum absolute atomic E-state index is 14.8. The molecule has 4 rings (SSSR count). The number of sulfonamides is 1. The van der Waals surface area contributed by atoms with E-state index in [-0.39, 0.29) is 25.4 Å². The predicted molar refractivity (Wildman–Crippen MR) is 187 cm³/mol. The second kappa shape index (κ2) is 16.4. The number of thiophene rings is 1. The van der Waals surface area contributed by atoms with Crippen molar-refractivity contribution in [2.24, 2.45) is 0 Å². The molecule has 0 saturated heterocycles. The Morgan fingerprint density at radius 1 is 0.960 bits per heavy atom. The number of carbonyl (C=O) groups excluding carboxylic acids is 2. The van der Waals surface area contributed by atoms with Crippen LogP contribution in [0.5, 0.6) is 0 Å². The number of aliphatic hydroxyl groups is 1. The summed E-state index contributed by atoms with van der Waals surface area (Å²) in [6.45, 7) is 2.38. The summed E-state index contributed by atoms with van der Waals surface area (Å²) in [5.41, 5.74) is 7.06. The molecule has 268 valence electrons. The molecule has 0 aliphatic carbocycles. The van der Waals surface area contributed by atoms with Crippen LogP contribution in [0.3, 0.4) is 0 Å². The third-order valence-electron chi connectivity index (χ3n) is 8.11. The lowest BCUT2D eigenvalue weighted by atomic mass is 9.81. The van der Waals surface area contributed by atoms with Gasteiger partial charge in [-0.15, -0.1) is 11.3 Å². The number of ether oxygens (including phenoxy) is 1. The lowest BCUT2D eigenvalue weighted by Gasteiger charge is -2.32. The van der Waals surface area contributed by atoms with Crippen LogP contribution >= 0.6 is 22.9 Å². The van der Waals surface area contributed by atoms with Crippen molar-refractivity contribution in [2.75, 3.05) is 19.5 Å². The van der Waals surface area contributed by atoms with E-state index in [9.17, 15) is 36.3 Å². The predicted octanol–water partition coefficient (Wildman–Crippen LogP) is 7.28. The van der Waals surface area contributed by atoms with Gasteiger partial charge in [0.1, 0.15) is 6.04 Å². The number of amides is 1. The summed E-state index contributed by atoms with van der Waals surface area (Å²) in [4.78, 5) is 26.2. The van der Waals surface area contributed by atoms with E-state index in [0.717, 1.165) is 17.5 Å². The van der Waals surface area contributed by atoms with Crippen LogP contribution in [0.1, 0.15) is 59.0 Å². The number of ketones is 1. The molecule has 0 radical (unpaired) electrons. The van der Waals surface area contributed by atoms with Gasteiger partial charge in [0.05, 0.1) is 41.3 Å². The first kappa shape index (κ1) is 38.8. The highest BCUT2D eigenvalue weighted by atomic mass is 35.5. The Morgan fingerprint density at radius 3 is 2.00 bits per heavy atom. The Kier molecular flexibility index (Phi) is 12.7. The zero-order valence-corrected chi connectivity index (χ0v) is 29.7. The third kappa shape index (κ3) is 8.85. The van der Waals surface area contributed by atoms with E-state index in [0.29, 0.717) is 22.5 Å². The number of alkyl carbamates (subject to hydrolysis) is 1. The molecule has 9 nitrogen and oxygen atoms in total. The average molecular weight is 752 g/mol. The molecule has 3 aromatic carbocycles. The Labute approximate surface area is 297 Å². The largest absolute Gasteiger partial charge is 0.453 e. The normalized spacial score (nSPS) is 14.1. The first-order valence-electron chi connectivity index (χ1n) is 15.4. The van der Waals surface area contributed by atoms with Crippen molar-refractivity contribution in [1.29, 1.82) is 0 Å². The summed E-state index contributed by atoms with van der Waals surface area (Å²) in [5.74, 6) is -4.08. The number of Topliss-reactive ketones (excluding diaryl/α,β-unsaturated/α-hetero) is 1. The molecule has 4 aromatic rings. The number of alkyl halides is 3. The molecule has 0 spiro atoms. The number of rotatable bonds is 14. The highest BCUT2D eigenvalue weighted by Gasteiger charge is 2.46. The first-order valence-corrected chi connectivity index (χ1v) is 18.1. The number of nitrogens with two attached hydrogens (primary N) is 1. The topological polar surface area (TPSA) is 139 Å². The van der Waals surface area contributed by atoms with E-state index in [4.69, 9.17) is 22.1 Å².